The Labute approximate surface area is 284 Å². The number of carbonyl (C=O) groups excluding carboxylic acids is 2. The molecule has 1 aliphatic heterocycles. The zero-order valence-electron chi connectivity index (χ0n) is 26.8. The molecule has 1 aromatic heterocycles. The summed E-state index contributed by atoms with van der Waals surface area (Å²) in [4.78, 5) is 36.6. The molecule has 1 fully saturated rings. The molecule has 0 spiro atoms. The van der Waals surface area contributed by atoms with Crippen LogP contribution in [0, 0.1) is 6.92 Å². The number of hydrogen-bond acceptors (Lipinski definition) is 9. The van der Waals surface area contributed by atoms with Crippen LogP contribution in [-0.2, 0) is 31.0 Å². The number of hydrogen-bond donors (Lipinski definition) is 4. The Balaban J connectivity index is 1.26. The third-order valence-electron chi connectivity index (χ3n) is 8.10. The van der Waals surface area contributed by atoms with Gasteiger partial charge in [-0.3, -0.25) is 14.6 Å². The van der Waals surface area contributed by atoms with Crippen molar-refractivity contribution in [2.75, 3.05) is 13.1 Å². The highest BCUT2D eigenvalue weighted by Crippen LogP contribution is 2.30. The van der Waals surface area contributed by atoms with Gasteiger partial charge in [0.2, 0.25) is 17.8 Å². The van der Waals surface area contributed by atoms with Crippen molar-refractivity contribution in [2.45, 2.75) is 68.9 Å². The highest BCUT2D eigenvalue weighted by Gasteiger charge is 2.40. The van der Waals surface area contributed by atoms with Crippen LogP contribution in [0.1, 0.15) is 48.4 Å². The summed E-state index contributed by atoms with van der Waals surface area (Å²) in [5, 5.41) is 14.9. The van der Waals surface area contributed by atoms with Crippen molar-refractivity contribution < 1.29 is 27.9 Å². The minimum Gasteiger partial charge on any atom is -0.384 e. The molecule has 2 heterocycles. The van der Waals surface area contributed by atoms with Gasteiger partial charge in [0.15, 0.2) is 0 Å². The fourth-order valence-electron chi connectivity index (χ4n) is 5.54. The number of fused-ring (bicyclic) bond motifs is 1. The van der Waals surface area contributed by atoms with E-state index in [4.69, 9.17) is 10.5 Å². The lowest BCUT2D eigenvalue weighted by atomic mass is 10.0. The first kappa shape index (κ1) is 35.0. The van der Waals surface area contributed by atoms with Crippen LogP contribution in [0.3, 0.4) is 0 Å². The Kier molecular flexibility index (Phi) is 11.4. The SMILES string of the molecule is CC(=O)N1CC(OCc2ccccc2)CC1C(=O)NC(CCCN=C(N)NS(=O)(=O)c1ccc(C)cc1)C(O)c1nc2ccccc2s1. The second kappa shape index (κ2) is 15.7. The normalized spacial score (nSPS) is 18.1. The zero-order chi connectivity index (χ0) is 34.3. The van der Waals surface area contributed by atoms with Crippen LogP contribution < -0.4 is 15.8 Å². The average Bonchev–Trinajstić information content (AvgIpc) is 3.70. The van der Waals surface area contributed by atoms with Gasteiger partial charge in [0.1, 0.15) is 17.2 Å². The van der Waals surface area contributed by atoms with Crippen LogP contribution in [0.2, 0.25) is 0 Å². The van der Waals surface area contributed by atoms with Crippen LogP contribution in [-0.4, -0.2) is 72.5 Å². The topological polar surface area (TPSA) is 176 Å². The van der Waals surface area contributed by atoms with Gasteiger partial charge in [0.25, 0.3) is 10.0 Å². The fraction of sp³-hybridized carbons (Fsp3) is 0.353. The molecular weight excluding hydrogens is 653 g/mol. The molecule has 1 saturated heterocycles. The van der Waals surface area contributed by atoms with Gasteiger partial charge >= 0.3 is 0 Å². The third-order valence-corrected chi connectivity index (χ3v) is 10.6. The molecule has 48 heavy (non-hydrogen) atoms. The molecule has 254 valence electrons. The Morgan fingerprint density at radius 2 is 1.81 bits per heavy atom. The summed E-state index contributed by atoms with van der Waals surface area (Å²) >= 11 is 1.33. The summed E-state index contributed by atoms with van der Waals surface area (Å²) in [6.07, 6.45) is -0.553. The Hall–Kier alpha value is -4.37. The molecule has 4 atom stereocenters. The number of aliphatic hydroxyl groups excluding tert-OH is 1. The van der Waals surface area contributed by atoms with E-state index < -0.39 is 34.1 Å². The smallest absolute Gasteiger partial charge is 0.264 e. The number of carbonyl (C=O) groups is 2. The number of nitrogens with two attached hydrogens (primary N) is 1. The molecule has 4 aromatic rings. The maximum atomic E-state index is 13.7. The van der Waals surface area contributed by atoms with E-state index in [1.165, 1.54) is 35.3 Å². The Bertz CT molecular complexity index is 1820. The summed E-state index contributed by atoms with van der Waals surface area (Å²) < 4.78 is 34.6. The van der Waals surface area contributed by atoms with Gasteiger partial charge in [0, 0.05) is 26.4 Å². The Morgan fingerprint density at radius 1 is 1.10 bits per heavy atom. The number of guanidine groups is 1. The quantitative estimate of drug-likeness (QED) is 0.0937. The number of benzene rings is 3. The van der Waals surface area contributed by atoms with Gasteiger partial charge in [-0.05, 0) is 49.6 Å². The molecule has 3 aromatic carbocycles. The van der Waals surface area contributed by atoms with Gasteiger partial charge in [-0.25, -0.2) is 18.1 Å². The summed E-state index contributed by atoms with van der Waals surface area (Å²) in [6.45, 7) is 4.03. The molecule has 12 nitrogen and oxygen atoms in total. The van der Waals surface area contributed by atoms with Gasteiger partial charge in [-0.15, -0.1) is 11.3 Å². The number of aryl methyl sites for hydroxylation is 1. The van der Waals surface area contributed by atoms with Crippen LogP contribution >= 0.6 is 11.3 Å². The largest absolute Gasteiger partial charge is 0.384 e. The number of ether oxygens (including phenoxy) is 1. The molecule has 5 rings (SSSR count). The lowest BCUT2D eigenvalue weighted by Gasteiger charge is -2.27. The predicted molar refractivity (Wildman–Crippen MR) is 185 cm³/mol. The number of aliphatic hydroxyl groups is 1. The van der Waals surface area contributed by atoms with Crippen LogP contribution in [0.15, 0.2) is 88.8 Å². The molecule has 0 aliphatic carbocycles. The maximum Gasteiger partial charge on any atom is 0.264 e. The number of aromatic nitrogens is 1. The van der Waals surface area contributed by atoms with E-state index in [1.807, 2.05) is 61.5 Å². The van der Waals surface area contributed by atoms with E-state index in [2.05, 4.69) is 20.0 Å². The first-order valence-electron chi connectivity index (χ1n) is 15.7. The minimum absolute atomic E-state index is 0.0622. The number of thiazole rings is 1. The van der Waals surface area contributed by atoms with E-state index in [0.29, 0.717) is 24.5 Å². The zero-order valence-corrected chi connectivity index (χ0v) is 28.4. The van der Waals surface area contributed by atoms with Gasteiger partial charge in [0.05, 0.1) is 33.9 Å². The van der Waals surface area contributed by atoms with Crippen molar-refractivity contribution >= 4 is 49.4 Å². The first-order chi connectivity index (χ1) is 23.0. The average molecular weight is 693 g/mol. The number of likely N-dealkylation sites (tertiary alicyclic amines) is 1. The van der Waals surface area contributed by atoms with Gasteiger partial charge in [-0.2, -0.15) is 0 Å². The summed E-state index contributed by atoms with van der Waals surface area (Å²) in [6, 6.07) is 22.0. The van der Waals surface area contributed by atoms with Crippen LogP contribution in [0.25, 0.3) is 10.2 Å². The molecule has 0 saturated carbocycles. The van der Waals surface area contributed by atoms with E-state index in [9.17, 15) is 23.1 Å². The van der Waals surface area contributed by atoms with Gasteiger partial charge in [-0.1, -0.05) is 60.2 Å². The van der Waals surface area contributed by atoms with Crippen molar-refractivity contribution in [1.82, 2.24) is 19.9 Å². The van der Waals surface area contributed by atoms with Crippen LogP contribution in [0.4, 0.5) is 0 Å². The van der Waals surface area contributed by atoms with Crippen molar-refractivity contribution in [3.63, 3.8) is 0 Å². The summed E-state index contributed by atoms with van der Waals surface area (Å²) in [7, 11) is -3.91. The molecule has 14 heteroatoms. The summed E-state index contributed by atoms with van der Waals surface area (Å²) in [5.41, 5.74) is 8.55. The maximum absolute atomic E-state index is 13.7. The highest BCUT2D eigenvalue weighted by molar-refractivity contribution is 7.90. The van der Waals surface area contributed by atoms with Crippen molar-refractivity contribution in [2.24, 2.45) is 10.7 Å². The number of amides is 2. The van der Waals surface area contributed by atoms with E-state index in [-0.39, 0.29) is 42.4 Å². The highest BCUT2D eigenvalue weighted by atomic mass is 32.2. The number of nitrogens with zero attached hydrogens (tertiary/aromatic N) is 3. The molecule has 0 bridgehead atoms. The monoisotopic (exact) mass is 692 g/mol. The van der Waals surface area contributed by atoms with Crippen molar-refractivity contribution in [3.05, 3.63) is 95.0 Å². The second-order valence-electron chi connectivity index (χ2n) is 11.7. The molecule has 4 unspecified atom stereocenters. The number of nitrogens with one attached hydrogen (secondary N) is 2. The number of rotatable bonds is 13. The lowest BCUT2D eigenvalue weighted by Crippen LogP contribution is -2.49. The third kappa shape index (κ3) is 8.95. The number of para-hydroxylation sites is 1. The minimum atomic E-state index is -3.91. The molecule has 5 N–H and O–H groups in total. The predicted octanol–water partition coefficient (Wildman–Crippen LogP) is 3.40. The molecule has 1 aliphatic rings. The van der Waals surface area contributed by atoms with Crippen molar-refractivity contribution in [3.8, 4) is 0 Å². The number of sulfonamides is 1. The lowest BCUT2D eigenvalue weighted by molar-refractivity contribution is -0.137. The van der Waals surface area contributed by atoms with E-state index in [0.717, 1.165) is 21.3 Å². The van der Waals surface area contributed by atoms with E-state index in [1.54, 1.807) is 12.1 Å². The van der Waals surface area contributed by atoms with Crippen molar-refractivity contribution in [1.29, 1.82) is 0 Å². The van der Waals surface area contributed by atoms with Gasteiger partial charge < -0.3 is 25.8 Å². The molecule has 0 radical (unpaired) electrons. The summed E-state index contributed by atoms with van der Waals surface area (Å²) in [5.74, 6) is -0.926. The van der Waals surface area contributed by atoms with Crippen LogP contribution in [0.5, 0.6) is 0 Å². The van der Waals surface area contributed by atoms with E-state index >= 15 is 0 Å². The Morgan fingerprint density at radius 3 is 2.52 bits per heavy atom. The fourth-order valence-corrected chi connectivity index (χ4v) is 7.51. The first-order valence-corrected chi connectivity index (χ1v) is 18.0. The molecule has 2 amide bonds. The number of aliphatic imine (C=N–C) groups is 1. The second-order valence-corrected chi connectivity index (χ2v) is 14.5. The molecular formula is C34H40N6O6S2. The standard InChI is InChI=1S/C34H40N6O6S2/c1-22-14-16-26(17-15-22)48(44,45)39-34(35)36-18-8-12-28(31(42)33-38-27-11-6-7-13-30(27)47-33)37-32(43)29-19-25(20-40(29)23(2)41)46-21-24-9-4-3-5-10-24/h3-7,9-11,13-17,25,28-29,31,42H,8,12,18-21H2,1-2H3,(H,37,43)(H3,35,36,39).